The molecule has 0 aromatic heterocycles. The smallest absolute Gasteiger partial charge is 0.0589 e. The zero-order valence-corrected chi connectivity index (χ0v) is 13.2. The zero-order valence-electron chi connectivity index (χ0n) is 13.2. The van der Waals surface area contributed by atoms with Crippen LogP contribution >= 0.6 is 0 Å². The molecule has 19 heavy (non-hydrogen) atoms. The maximum atomic E-state index is 5.21. The molecule has 0 amide bonds. The lowest BCUT2D eigenvalue weighted by atomic mass is 9.92. The van der Waals surface area contributed by atoms with Gasteiger partial charge in [-0.05, 0) is 24.7 Å². The van der Waals surface area contributed by atoms with Crippen LogP contribution in [0.25, 0.3) is 0 Å². The molecule has 1 fully saturated rings. The van der Waals surface area contributed by atoms with E-state index >= 15 is 0 Å². The molecule has 4 nitrogen and oxygen atoms in total. The van der Waals surface area contributed by atoms with Crippen molar-refractivity contribution in [2.45, 2.75) is 39.2 Å². The monoisotopic (exact) mass is 272 g/mol. The minimum Gasteiger partial charge on any atom is -0.385 e. The molecule has 4 heteroatoms. The van der Waals surface area contributed by atoms with Crippen molar-refractivity contribution in [1.29, 1.82) is 0 Å². The van der Waals surface area contributed by atoms with E-state index in [1.165, 1.54) is 12.8 Å². The van der Waals surface area contributed by atoms with E-state index in [0.29, 0.717) is 5.41 Å². The van der Waals surface area contributed by atoms with E-state index in [1.807, 2.05) is 0 Å². The maximum absolute atomic E-state index is 5.21. The van der Waals surface area contributed by atoms with Crippen molar-refractivity contribution in [2.24, 2.45) is 5.41 Å². The summed E-state index contributed by atoms with van der Waals surface area (Å²) in [5.41, 5.74) is 0.309. The standard InChI is InChI=1S/C15H32N2O2/c1-15(2,12-16-14-6-7-14)13-17(9-11-19-4)8-5-10-18-3/h14,16H,5-13H2,1-4H3. The van der Waals surface area contributed by atoms with E-state index < -0.39 is 0 Å². The van der Waals surface area contributed by atoms with Crippen LogP contribution in [0.5, 0.6) is 0 Å². The predicted molar refractivity (Wildman–Crippen MR) is 79.6 cm³/mol. The lowest BCUT2D eigenvalue weighted by Crippen LogP contribution is -2.42. The highest BCUT2D eigenvalue weighted by atomic mass is 16.5. The van der Waals surface area contributed by atoms with E-state index in [0.717, 1.165) is 51.9 Å². The molecule has 1 rings (SSSR count). The molecular weight excluding hydrogens is 240 g/mol. The average Bonchev–Trinajstić information content (AvgIpc) is 3.17. The van der Waals surface area contributed by atoms with Gasteiger partial charge >= 0.3 is 0 Å². The van der Waals surface area contributed by atoms with E-state index in [1.54, 1.807) is 14.2 Å². The van der Waals surface area contributed by atoms with E-state index in [9.17, 15) is 0 Å². The first kappa shape index (κ1) is 16.9. The van der Waals surface area contributed by atoms with Crippen molar-refractivity contribution in [1.82, 2.24) is 10.2 Å². The third-order valence-corrected chi connectivity index (χ3v) is 3.53. The number of hydrogen-bond donors (Lipinski definition) is 1. The molecule has 0 bridgehead atoms. The van der Waals surface area contributed by atoms with Crippen LogP contribution in [0.3, 0.4) is 0 Å². The highest BCUT2D eigenvalue weighted by Gasteiger charge is 2.26. The summed E-state index contributed by atoms with van der Waals surface area (Å²) < 4.78 is 10.4. The Morgan fingerprint density at radius 1 is 1.11 bits per heavy atom. The van der Waals surface area contributed by atoms with Crippen LogP contribution in [0.2, 0.25) is 0 Å². The number of methoxy groups -OCH3 is 2. The molecule has 114 valence electrons. The van der Waals surface area contributed by atoms with Crippen LogP contribution < -0.4 is 5.32 Å². The molecule has 0 radical (unpaired) electrons. The number of nitrogens with zero attached hydrogens (tertiary/aromatic N) is 1. The molecule has 0 aromatic carbocycles. The van der Waals surface area contributed by atoms with Crippen LogP contribution in [0.4, 0.5) is 0 Å². The highest BCUT2D eigenvalue weighted by Crippen LogP contribution is 2.22. The molecule has 0 heterocycles. The molecule has 0 aromatic rings. The van der Waals surface area contributed by atoms with E-state index in [2.05, 4.69) is 24.1 Å². The van der Waals surface area contributed by atoms with Gasteiger partial charge in [-0.25, -0.2) is 0 Å². The molecular formula is C15H32N2O2. The lowest BCUT2D eigenvalue weighted by molar-refractivity contribution is 0.105. The molecule has 0 unspecified atom stereocenters. The Morgan fingerprint density at radius 3 is 2.37 bits per heavy atom. The molecule has 1 aliphatic rings. The quantitative estimate of drug-likeness (QED) is 0.549. The Bertz CT molecular complexity index is 230. The Balaban J connectivity index is 2.29. The van der Waals surface area contributed by atoms with Gasteiger partial charge in [0.05, 0.1) is 6.61 Å². The van der Waals surface area contributed by atoms with Crippen LogP contribution in [0.1, 0.15) is 33.1 Å². The molecule has 0 spiro atoms. The summed E-state index contributed by atoms with van der Waals surface area (Å²) in [5.74, 6) is 0. The van der Waals surface area contributed by atoms with Gasteiger partial charge in [-0.3, -0.25) is 0 Å². The van der Waals surface area contributed by atoms with Crippen molar-refractivity contribution in [3.05, 3.63) is 0 Å². The first-order chi connectivity index (χ1) is 9.07. The van der Waals surface area contributed by atoms with Crippen molar-refractivity contribution < 1.29 is 9.47 Å². The van der Waals surface area contributed by atoms with Gasteiger partial charge in [-0.2, -0.15) is 0 Å². The molecule has 1 saturated carbocycles. The molecule has 0 atom stereocenters. The van der Waals surface area contributed by atoms with Gasteiger partial charge in [-0.1, -0.05) is 13.8 Å². The average molecular weight is 272 g/mol. The summed E-state index contributed by atoms with van der Waals surface area (Å²) in [4.78, 5) is 2.50. The fourth-order valence-corrected chi connectivity index (χ4v) is 2.29. The third kappa shape index (κ3) is 8.58. The van der Waals surface area contributed by atoms with E-state index in [-0.39, 0.29) is 0 Å². The summed E-state index contributed by atoms with van der Waals surface area (Å²) in [6, 6.07) is 0.792. The third-order valence-electron chi connectivity index (χ3n) is 3.53. The van der Waals surface area contributed by atoms with Crippen molar-refractivity contribution >= 4 is 0 Å². The predicted octanol–water partition coefficient (Wildman–Crippen LogP) is 1.75. The van der Waals surface area contributed by atoms with Gasteiger partial charge in [0.1, 0.15) is 0 Å². The first-order valence-corrected chi connectivity index (χ1v) is 7.51. The normalized spacial score (nSPS) is 16.3. The van der Waals surface area contributed by atoms with Gasteiger partial charge in [-0.15, -0.1) is 0 Å². The van der Waals surface area contributed by atoms with Crippen molar-refractivity contribution in [2.75, 3.05) is 53.6 Å². The SMILES string of the molecule is COCCCN(CCOC)CC(C)(C)CNC1CC1. The van der Waals surface area contributed by atoms with Gasteiger partial charge in [0.2, 0.25) is 0 Å². The number of rotatable bonds is 12. The summed E-state index contributed by atoms with van der Waals surface area (Å²) in [6.45, 7) is 10.6. The second-order valence-corrected chi connectivity index (χ2v) is 6.43. The van der Waals surface area contributed by atoms with E-state index in [4.69, 9.17) is 9.47 Å². The van der Waals surface area contributed by atoms with Gasteiger partial charge in [0.25, 0.3) is 0 Å². The van der Waals surface area contributed by atoms with Crippen molar-refractivity contribution in [3.8, 4) is 0 Å². The second kappa shape index (κ2) is 8.90. The fourth-order valence-electron chi connectivity index (χ4n) is 2.29. The minimum absolute atomic E-state index is 0.309. The Morgan fingerprint density at radius 2 is 1.79 bits per heavy atom. The number of nitrogens with one attached hydrogen (secondary N) is 1. The summed E-state index contributed by atoms with van der Waals surface area (Å²) in [7, 11) is 3.54. The molecule has 1 aliphatic carbocycles. The summed E-state index contributed by atoms with van der Waals surface area (Å²) >= 11 is 0. The molecule has 0 saturated heterocycles. The topological polar surface area (TPSA) is 33.7 Å². The zero-order chi connectivity index (χ0) is 14.1. The number of ether oxygens (including phenoxy) is 2. The summed E-state index contributed by atoms with van der Waals surface area (Å²) in [6.07, 6.45) is 3.81. The maximum Gasteiger partial charge on any atom is 0.0589 e. The van der Waals surface area contributed by atoms with Crippen LogP contribution in [-0.2, 0) is 9.47 Å². The highest BCUT2D eigenvalue weighted by molar-refractivity contribution is 4.85. The Hall–Kier alpha value is -0.160. The first-order valence-electron chi connectivity index (χ1n) is 7.51. The number of hydrogen-bond acceptors (Lipinski definition) is 4. The van der Waals surface area contributed by atoms with Crippen LogP contribution in [0.15, 0.2) is 0 Å². The van der Waals surface area contributed by atoms with Gasteiger partial charge < -0.3 is 19.7 Å². The largest absolute Gasteiger partial charge is 0.385 e. The van der Waals surface area contributed by atoms with Crippen LogP contribution in [-0.4, -0.2) is 64.6 Å². The molecule has 0 aliphatic heterocycles. The van der Waals surface area contributed by atoms with Crippen molar-refractivity contribution in [3.63, 3.8) is 0 Å². The van der Waals surface area contributed by atoms with Gasteiger partial charge in [0.15, 0.2) is 0 Å². The summed E-state index contributed by atoms with van der Waals surface area (Å²) in [5, 5.41) is 3.64. The second-order valence-electron chi connectivity index (χ2n) is 6.43. The van der Waals surface area contributed by atoms with Gasteiger partial charge in [0, 0.05) is 53.0 Å². The van der Waals surface area contributed by atoms with Crippen LogP contribution in [0, 0.1) is 5.41 Å². The minimum atomic E-state index is 0.309. The fraction of sp³-hybridized carbons (Fsp3) is 1.00. The Labute approximate surface area is 118 Å². The lowest BCUT2D eigenvalue weighted by Gasteiger charge is -2.33. The Kier molecular flexibility index (Phi) is 7.91. The molecule has 1 N–H and O–H groups in total.